The lowest BCUT2D eigenvalue weighted by Gasteiger charge is -2.04. The molecule has 0 aliphatic carbocycles. The van der Waals surface area contributed by atoms with Crippen LogP contribution in [0.5, 0.6) is 0 Å². The Bertz CT molecular complexity index is 1270. The van der Waals surface area contributed by atoms with Crippen molar-refractivity contribution < 1.29 is 18.3 Å². The van der Waals surface area contributed by atoms with Gasteiger partial charge in [0.25, 0.3) is 5.78 Å². The van der Waals surface area contributed by atoms with Crippen LogP contribution in [-0.4, -0.2) is 45.3 Å². The highest BCUT2D eigenvalue weighted by atomic mass is 32.2. The molecule has 9 nitrogen and oxygen atoms in total. The Morgan fingerprint density at radius 3 is 2.73 bits per heavy atom. The molecule has 0 spiro atoms. The molecule has 0 amide bonds. The molecule has 0 aliphatic heterocycles. The van der Waals surface area contributed by atoms with Crippen LogP contribution in [0.4, 0.5) is 11.6 Å². The smallest absolute Gasteiger partial charge is 0.335 e. The Balaban J connectivity index is 1.71. The van der Waals surface area contributed by atoms with E-state index in [0.717, 1.165) is 6.26 Å². The van der Waals surface area contributed by atoms with Crippen LogP contribution in [0.1, 0.15) is 10.4 Å². The van der Waals surface area contributed by atoms with Crippen molar-refractivity contribution in [2.24, 2.45) is 0 Å². The third kappa shape index (κ3) is 2.75. The van der Waals surface area contributed by atoms with Gasteiger partial charge in [0.05, 0.1) is 21.5 Å². The maximum absolute atomic E-state index is 11.7. The molecule has 2 aromatic carbocycles. The summed E-state index contributed by atoms with van der Waals surface area (Å²) in [5.41, 5.74) is 1.89. The molecular weight excluding hydrogens is 358 g/mol. The fourth-order valence-corrected chi connectivity index (χ4v) is 3.28. The second kappa shape index (κ2) is 5.56. The van der Waals surface area contributed by atoms with Crippen LogP contribution in [0.25, 0.3) is 16.8 Å². The van der Waals surface area contributed by atoms with Gasteiger partial charge >= 0.3 is 5.97 Å². The minimum atomic E-state index is -3.31. The zero-order chi connectivity index (χ0) is 18.5. The van der Waals surface area contributed by atoms with Gasteiger partial charge in [-0.2, -0.15) is 4.98 Å². The van der Waals surface area contributed by atoms with Gasteiger partial charge in [0.2, 0.25) is 5.95 Å². The molecule has 26 heavy (non-hydrogen) atoms. The molecule has 0 radical (unpaired) electrons. The zero-order valence-corrected chi connectivity index (χ0v) is 14.3. The van der Waals surface area contributed by atoms with E-state index in [9.17, 15) is 13.2 Å². The summed E-state index contributed by atoms with van der Waals surface area (Å²) >= 11 is 0. The van der Waals surface area contributed by atoms with E-state index in [1.54, 1.807) is 22.7 Å². The van der Waals surface area contributed by atoms with Crippen LogP contribution in [0.3, 0.4) is 0 Å². The maximum atomic E-state index is 11.7. The van der Waals surface area contributed by atoms with Crippen LogP contribution >= 0.6 is 0 Å². The van der Waals surface area contributed by atoms with Gasteiger partial charge in [0, 0.05) is 11.9 Å². The third-order valence-electron chi connectivity index (χ3n) is 3.84. The van der Waals surface area contributed by atoms with Gasteiger partial charge in [-0.15, -0.1) is 0 Å². The molecule has 2 heterocycles. The number of hydrogen-bond acceptors (Lipinski definition) is 6. The van der Waals surface area contributed by atoms with E-state index in [1.165, 1.54) is 24.3 Å². The number of nitrogens with zero attached hydrogens (tertiary/aromatic N) is 3. The van der Waals surface area contributed by atoms with Gasteiger partial charge in [0.15, 0.2) is 9.84 Å². The Labute approximate surface area is 147 Å². The van der Waals surface area contributed by atoms with Crippen molar-refractivity contribution in [3.63, 3.8) is 0 Å². The summed E-state index contributed by atoms with van der Waals surface area (Å²) in [6.07, 6.45) is 1.14. The highest BCUT2D eigenvalue weighted by Gasteiger charge is 2.13. The lowest BCUT2D eigenvalue weighted by Crippen LogP contribution is -1.99. The number of hydrogen-bond donors (Lipinski definition) is 3. The first-order chi connectivity index (χ1) is 12.3. The predicted molar refractivity (Wildman–Crippen MR) is 94.6 cm³/mol. The Morgan fingerprint density at radius 2 is 2.00 bits per heavy atom. The number of carboxylic acids is 1. The summed E-state index contributed by atoms with van der Waals surface area (Å²) in [5, 5.41) is 15.1. The molecule has 0 saturated heterocycles. The summed E-state index contributed by atoms with van der Waals surface area (Å²) in [4.78, 5) is 19.8. The van der Waals surface area contributed by atoms with Gasteiger partial charge in [-0.1, -0.05) is 6.07 Å². The molecular formula is C16H13N5O4S. The van der Waals surface area contributed by atoms with E-state index >= 15 is 0 Å². The number of anilines is 2. The molecule has 0 aliphatic rings. The van der Waals surface area contributed by atoms with E-state index in [-0.39, 0.29) is 10.5 Å². The largest absolute Gasteiger partial charge is 0.478 e. The molecule has 0 bridgehead atoms. The molecule has 132 valence electrons. The van der Waals surface area contributed by atoms with Crippen molar-refractivity contribution in [3.8, 4) is 0 Å². The van der Waals surface area contributed by atoms with E-state index < -0.39 is 15.8 Å². The van der Waals surface area contributed by atoms with Gasteiger partial charge in [-0.25, -0.2) is 22.7 Å². The van der Waals surface area contributed by atoms with E-state index in [1.807, 2.05) is 0 Å². The second-order valence-electron chi connectivity index (χ2n) is 5.75. The molecule has 4 aromatic rings. The minimum Gasteiger partial charge on any atom is -0.478 e. The molecule has 0 atom stereocenters. The first kappa shape index (κ1) is 16.1. The summed E-state index contributed by atoms with van der Waals surface area (Å²) in [6, 6.07) is 11.0. The standard InChI is InChI=1S/C16H13N5O4S/c1-26(24,25)11-4-2-3-10(8-11)17-15-19-16-18-12-7-9(14(22)23)5-6-13(12)21(16)20-15/h2-8H,1H3,(H,22,23)(H2,17,18,19,20). The summed E-state index contributed by atoms with van der Waals surface area (Å²) in [6.45, 7) is 0. The Kier molecular flexibility index (Phi) is 3.44. The highest BCUT2D eigenvalue weighted by Crippen LogP contribution is 2.21. The fourth-order valence-electron chi connectivity index (χ4n) is 2.61. The third-order valence-corrected chi connectivity index (χ3v) is 4.95. The number of benzene rings is 2. The van der Waals surface area contributed by atoms with Crippen molar-refractivity contribution in [3.05, 3.63) is 48.0 Å². The molecule has 3 N–H and O–H groups in total. The Morgan fingerprint density at radius 1 is 1.19 bits per heavy atom. The van der Waals surface area contributed by atoms with Crippen molar-refractivity contribution in [1.82, 2.24) is 19.6 Å². The van der Waals surface area contributed by atoms with Gasteiger partial charge in [-0.05, 0) is 36.4 Å². The SMILES string of the molecule is CS(=O)(=O)c1cccc(Nc2nc3nc4cc(C(=O)O)ccc4n3[nH]2)c1. The molecule has 10 heteroatoms. The predicted octanol–water partition coefficient (Wildman–Crippen LogP) is 2.06. The number of carbonyl (C=O) groups is 1. The molecule has 2 aromatic heterocycles. The van der Waals surface area contributed by atoms with Gasteiger partial charge in [0.1, 0.15) is 0 Å². The average molecular weight is 371 g/mol. The zero-order valence-electron chi connectivity index (χ0n) is 13.5. The molecule has 4 rings (SSSR count). The molecule has 0 unspecified atom stereocenters. The number of carboxylic acid groups (broad SMARTS) is 1. The normalized spacial score (nSPS) is 11.9. The number of aromatic amines is 1. The number of sulfone groups is 1. The highest BCUT2D eigenvalue weighted by molar-refractivity contribution is 7.90. The van der Waals surface area contributed by atoms with Crippen molar-refractivity contribution in [2.45, 2.75) is 4.90 Å². The van der Waals surface area contributed by atoms with Crippen LogP contribution in [0.2, 0.25) is 0 Å². The monoisotopic (exact) mass is 371 g/mol. The summed E-state index contributed by atoms with van der Waals surface area (Å²) in [7, 11) is -3.31. The summed E-state index contributed by atoms with van der Waals surface area (Å²) < 4.78 is 24.9. The van der Waals surface area contributed by atoms with Crippen molar-refractivity contribution in [2.75, 3.05) is 11.6 Å². The number of imidazole rings is 1. The minimum absolute atomic E-state index is 0.147. The topological polar surface area (TPSA) is 129 Å². The van der Waals surface area contributed by atoms with Crippen LogP contribution < -0.4 is 5.32 Å². The van der Waals surface area contributed by atoms with Crippen molar-refractivity contribution in [1.29, 1.82) is 0 Å². The fraction of sp³-hybridized carbons (Fsp3) is 0.0625. The number of nitrogens with one attached hydrogen (secondary N) is 2. The number of fused-ring (bicyclic) bond motifs is 3. The lowest BCUT2D eigenvalue weighted by atomic mass is 10.2. The van der Waals surface area contributed by atoms with Gasteiger partial charge < -0.3 is 10.4 Å². The lowest BCUT2D eigenvalue weighted by molar-refractivity contribution is 0.0697. The second-order valence-corrected chi connectivity index (χ2v) is 7.77. The Hall–Kier alpha value is -3.40. The van der Waals surface area contributed by atoms with E-state index in [0.29, 0.717) is 28.4 Å². The number of H-pyrrole nitrogens is 1. The van der Waals surface area contributed by atoms with E-state index in [2.05, 4.69) is 20.4 Å². The van der Waals surface area contributed by atoms with Crippen LogP contribution in [0.15, 0.2) is 47.4 Å². The maximum Gasteiger partial charge on any atom is 0.335 e. The molecule has 0 saturated carbocycles. The van der Waals surface area contributed by atoms with Gasteiger partial charge in [-0.3, -0.25) is 5.10 Å². The quantitative estimate of drug-likeness (QED) is 0.500. The number of rotatable bonds is 4. The average Bonchev–Trinajstić information content (AvgIpc) is 3.10. The first-order valence-electron chi connectivity index (χ1n) is 7.50. The van der Waals surface area contributed by atoms with Crippen LogP contribution in [0, 0.1) is 0 Å². The van der Waals surface area contributed by atoms with E-state index in [4.69, 9.17) is 5.11 Å². The first-order valence-corrected chi connectivity index (χ1v) is 9.39. The number of aromatic carboxylic acids is 1. The summed E-state index contributed by atoms with van der Waals surface area (Å²) in [5.74, 6) is -0.281. The van der Waals surface area contributed by atoms with Crippen molar-refractivity contribution >= 4 is 44.3 Å². The molecule has 0 fully saturated rings. The number of aromatic nitrogens is 4. The van der Waals surface area contributed by atoms with Crippen LogP contribution in [-0.2, 0) is 9.84 Å².